The van der Waals surface area contributed by atoms with Crippen LogP contribution in [0.2, 0.25) is 0 Å². The van der Waals surface area contributed by atoms with Gasteiger partial charge in [-0.3, -0.25) is 0 Å². The summed E-state index contributed by atoms with van der Waals surface area (Å²) in [4.78, 5) is 17.0. The second kappa shape index (κ2) is 10.2. The Morgan fingerprint density at radius 3 is 2.73 bits per heavy atom. The summed E-state index contributed by atoms with van der Waals surface area (Å²) < 4.78 is 0.456. The molecule has 30 heavy (non-hydrogen) atoms. The van der Waals surface area contributed by atoms with E-state index in [1.165, 1.54) is 43.4 Å². The number of aromatic nitrogens is 1. The lowest BCUT2D eigenvalue weighted by Gasteiger charge is -2.45. The molecule has 3 heterocycles. The molecule has 0 unspecified atom stereocenters. The van der Waals surface area contributed by atoms with E-state index >= 15 is 0 Å². The fraction of sp³-hybridized carbons (Fsp3) is 0.739. The number of aliphatic imine (C=N–C) groups is 1. The summed E-state index contributed by atoms with van der Waals surface area (Å²) in [6.07, 6.45) is 8.87. The summed E-state index contributed by atoms with van der Waals surface area (Å²) in [5, 5.41) is 3.56. The predicted octanol–water partition coefficient (Wildman–Crippen LogP) is 3.05. The van der Waals surface area contributed by atoms with Gasteiger partial charge in [0, 0.05) is 62.5 Å². The first-order valence-electron chi connectivity index (χ1n) is 11.7. The van der Waals surface area contributed by atoms with Crippen molar-refractivity contribution in [3.05, 3.63) is 23.9 Å². The van der Waals surface area contributed by atoms with Crippen molar-refractivity contribution in [3.63, 3.8) is 0 Å². The Bertz CT molecular complexity index is 704. The van der Waals surface area contributed by atoms with Crippen molar-refractivity contribution in [2.75, 3.05) is 63.5 Å². The number of anilines is 1. The van der Waals surface area contributed by atoms with Crippen LogP contribution in [0.4, 0.5) is 5.82 Å². The summed E-state index contributed by atoms with van der Waals surface area (Å²) in [6, 6.07) is 4.34. The number of piperazine rings is 1. The average molecular weight is 431 g/mol. The van der Waals surface area contributed by atoms with Gasteiger partial charge in [-0.05, 0) is 44.5 Å². The molecule has 0 amide bonds. The highest BCUT2D eigenvalue weighted by Gasteiger charge is 2.38. The van der Waals surface area contributed by atoms with Gasteiger partial charge in [0.15, 0.2) is 5.96 Å². The lowest BCUT2D eigenvalue weighted by atomic mass is 9.87. The molecule has 166 valence electrons. The summed E-state index contributed by atoms with van der Waals surface area (Å²) in [7, 11) is 2.19. The minimum Gasteiger partial charge on any atom is -0.357 e. The highest BCUT2D eigenvalue weighted by atomic mass is 32.2. The molecule has 0 aromatic carbocycles. The van der Waals surface area contributed by atoms with E-state index in [2.05, 4.69) is 62.9 Å². The summed E-state index contributed by atoms with van der Waals surface area (Å²) >= 11 is 2.22. The number of likely N-dealkylation sites (N-methyl/N-ethyl adjacent to an activating group) is 1. The Labute approximate surface area is 186 Å². The fourth-order valence-corrected chi connectivity index (χ4v) is 6.45. The van der Waals surface area contributed by atoms with Crippen molar-refractivity contribution in [1.82, 2.24) is 20.1 Å². The second-order valence-electron chi connectivity index (χ2n) is 9.00. The number of hydrogen-bond acceptors (Lipinski definition) is 5. The molecular formula is C23H38N6S. The molecule has 3 aliphatic rings. The summed E-state index contributed by atoms with van der Waals surface area (Å²) in [6.45, 7) is 10.3. The molecule has 1 saturated carbocycles. The van der Waals surface area contributed by atoms with Crippen LogP contribution in [0.5, 0.6) is 0 Å². The molecule has 7 heteroatoms. The Hall–Kier alpha value is -1.47. The SMILES string of the molecule is CCNC(=NCc1ccnc(N2CCN(C)CC2)c1)N1CCSC2(CCCCC2)C1. The number of pyridine rings is 1. The molecule has 1 aromatic rings. The van der Waals surface area contributed by atoms with E-state index in [9.17, 15) is 0 Å². The van der Waals surface area contributed by atoms with Gasteiger partial charge in [-0.2, -0.15) is 11.8 Å². The van der Waals surface area contributed by atoms with Crippen molar-refractivity contribution < 1.29 is 0 Å². The van der Waals surface area contributed by atoms with E-state index in [4.69, 9.17) is 4.99 Å². The number of nitrogens with zero attached hydrogens (tertiary/aromatic N) is 5. The quantitative estimate of drug-likeness (QED) is 0.585. The summed E-state index contributed by atoms with van der Waals surface area (Å²) in [5.41, 5.74) is 1.24. The zero-order chi connectivity index (χ0) is 20.8. The first-order valence-corrected chi connectivity index (χ1v) is 12.7. The lowest BCUT2D eigenvalue weighted by Crippen LogP contribution is -2.53. The van der Waals surface area contributed by atoms with Gasteiger partial charge in [-0.15, -0.1) is 0 Å². The zero-order valence-electron chi connectivity index (χ0n) is 18.8. The third-order valence-electron chi connectivity index (χ3n) is 6.70. The third-order valence-corrected chi connectivity index (χ3v) is 8.23. The molecule has 1 aromatic heterocycles. The fourth-order valence-electron chi connectivity index (χ4n) is 4.88. The van der Waals surface area contributed by atoms with Crippen LogP contribution in [0.3, 0.4) is 0 Å². The van der Waals surface area contributed by atoms with Gasteiger partial charge < -0.3 is 20.0 Å². The molecule has 4 rings (SSSR count). The highest BCUT2D eigenvalue weighted by Crippen LogP contribution is 2.42. The van der Waals surface area contributed by atoms with Gasteiger partial charge in [0.2, 0.25) is 0 Å². The monoisotopic (exact) mass is 430 g/mol. The highest BCUT2D eigenvalue weighted by molar-refractivity contribution is 8.00. The number of guanidine groups is 1. The maximum Gasteiger partial charge on any atom is 0.194 e. The van der Waals surface area contributed by atoms with Gasteiger partial charge in [0.05, 0.1) is 6.54 Å². The van der Waals surface area contributed by atoms with Gasteiger partial charge in [0.1, 0.15) is 5.82 Å². The lowest BCUT2D eigenvalue weighted by molar-refractivity contribution is 0.293. The van der Waals surface area contributed by atoms with E-state index < -0.39 is 0 Å². The van der Waals surface area contributed by atoms with Gasteiger partial charge in [0.25, 0.3) is 0 Å². The first kappa shape index (κ1) is 21.8. The predicted molar refractivity (Wildman–Crippen MR) is 129 cm³/mol. The minimum atomic E-state index is 0.456. The molecule has 0 bridgehead atoms. The molecular weight excluding hydrogens is 392 g/mol. The van der Waals surface area contributed by atoms with Crippen LogP contribution in [0, 0.1) is 0 Å². The molecule has 1 aliphatic carbocycles. The standard InChI is InChI=1S/C23H38N6S/c1-3-24-22(29-15-16-30-23(19-29)8-5-4-6-9-23)26-18-20-7-10-25-21(17-20)28-13-11-27(2)12-14-28/h7,10,17H,3-6,8-9,11-16,18-19H2,1-2H3,(H,24,26). The van der Waals surface area contributed by atoms with Gasteiger partial charge >= 0.3 is 0 Å². The summed E-state index contributed by atoms with van der Waals surface area (Å²) in [5.74, 6) is 3.39. The van der Waals surface area contributed by atoms with Crippen molar-refractivity contribution in [2.45, 2.75) is 50.3 Å². The van der Waals surface area contributed by atoms with Crippen LogP contribution in [0.15, 0.2) is 23.3 Å². The Morgan fingerprint density at radius 1 is 1.17 bits per heavy atom. The van der Waals surface area contributed by atoms with Crippen LogP contribution < -0.4 is 10.2 Å². The van der Waals surface area contributed by atoms with E-state index in [0.717, 1.165) is 57.6 Å². The molecule has 0 atom stereocenters. The van der Waals surface area contributed by atoms with E-state index in [-0.39, 0.29) is 0 Å². The number of thioether (sulfide) groups is 1. The molecule has 6 nitrogen and oxygen atoms in total. The van der Waals surface area contributed by atoms with Crippen molar-refractivity contribution in [2.24, 2.45) is 4.99 Å². The molecule has 3 fully saturated rings. The van der Waals surface area contributed by atoms with Crippen LogP contribution >= 0.6 is 11.8 Å². The molecule has 2 saturated heterocycles. The largest absolute Gasteiger partial charge is 0.357 e. The Balaban J connectivity index is 1.43. The normalized spacial score (nSPS) is 23.1. The molecule has 1 spiro atoms. The first-order chi connectivity index (χ1) is 14.7. The van der Waals surface area contributed by atoms with Crippen LogP contribution in [0.25, 0.3) is 0 Å². The molecule has 1 N–H and O–H groups in total. The Morgan fingerprint density at radius 2 is 1.97 bits per heavy atom. The van der Waals surface area contributed by atoms with E-state index in [0.29, 0.717) is 11.3 Å². The van der Waals surface area contributed by atoms with Crippen molar-refractivity contribution >= 4 is 23.5 Å². The Kier molecular flexibility index (Phi) is 7.41. The van der Waals surface area contributed by atoms with E-state index in [1.807, 2.05) is 6.20 Å². The smallest absolute Gasteiger partial charge is 0.194 e. The number of nitrogens with one attached hydrogen (secondary N) is 1. The zero-order valence-corrected chi connectivity index (χ0v) is 19.6. The number of hydrogen-bond donors (Lipinski definition) is 1. The maximum atomic E-state index is 5.05. The van der Waals surface area contributed by atoms with Gasteiger partial charge in [-0.25, -0.2) is 9.98 Å². The van der Waals surface area contributed by atoms with Crippen molar-refractivity contribution in [1.29, 1.82) is 0 Å². The van der Waals surface area contributed by atoms with Crippen LogP contribution in [-0.2, 0) is 6.54 Å². The molecule has 0 radical (unpaired) electrons. The minimum absolute atomic E-state index is 0.456. The van der Waals surface area contributed by atoms with E-state index in [1.54, 1.807) is 0 Å². The van der Waals surface area contributed by atoms with Crippen LogP contribution in [-0.4, -0.2) is 84.1 Å². The third kappa shape index (κ3) is 5.41. The second-order valence-corrected chi connectivity index (χ2v) is 10.6. The number of rotatable bonds is 4. The topological polar surface area (TPSA) is 47.0 Å². The van der Waals surface area contributed by atoms with Crippen molar-refractivity contribution in [3.8, 4) is 0 Å². The average Bonchev–Trinajstić information content (AvgIpc) is 2.78. The maximum absolute atomic E-state index is 5.05. The van der Waals surface area contributed by atoms with Gasteiger partial charge in [-0.1, -0.05) is 19.3 Å². The van der Waals surface area contributed by atoms with Crippen LogP contribution in [0.1, 0.15) is 44.6 Å². The molecule has 2 aliphatic heterocycles.